The summed E-state index contributed by atoms with van der Waals surface area (Å²) in [6.45, 7) is 2.03. The zero-order chi connectivity index (χ0) is 16.2. The van der Waals surface area contributed by atoms with E-state index < -0.39 is 0 Å². The molecule has 0 aliphatic rings. The monoisotopic (exact) mass is 328 g/mol. The molecule has 0 saturated heterocycles. The molecular weight excluding hydrogens is 312 g/mol. The highest BCUT2D eigenvalue weighted by molar-refractivity contribution is 7.18. The van der Waals surface area contributed by atoms with Crippen molar-refractivity contribution < 1.29 is 4.79 Å². The number of aromatic nitrogens is 3. The Labute approximate surface area is 136 Å². The minimum atomic E-state index is -0.249. The molecule has 1 N–H and O–H groups in total. The third kappa shape index (κ3) is 3.45. The van der Waals surface area contributed by atoms with Gasteiger partial charge in [0, 0.05) is 23.7 Å². The predicted molar refractivity (Wildman–Crippen MR) is 90.2 cm³/mol. The van der Waals surface area contributed by atoms with Crippen molar-refractivity contribution in [3.63, 3.8) is 0 Å². The third-order valence-electron chi connectivity index (χ3n) is 3.46. The summed E-state index contributed by atoms with van der Waals surface area (Å²) in [7, 11) is 0. The van der Waals surface area contributed by atoms with Crippen LogP contribution in [0.25, 0.3) is 10.2 Å². The van der Waals surface area contributed by atoms with Crippen molar-refractivity contribution in [3.05, 3.63) is 57.7 Å². The van der Waals surface area contributed by atoms with Gasteiger partial charge < -0.3 is 0 Å². The van der Waals surface area contributed by atoms with Gasteiger partial charge in [0.25, 0.3) is 5.56 Å². The van der Waals surface area contributed by atoms with E-state index in [-0.39, 0.29) is 17.9 Å². The lowest BCUT2D eigenvalue weighted by Crippen LogP contribution is -2.33. The van der Waals surface area contributed by atoms with Crippen molar-refractivity contribution >= 4 is 27.5 Å². The van der Waals surface area contributed by atoms with Crippen LogP contribution in [0, 0.1) is 0 Å². The minimum Gasteiger partial charge on any atom is -0.273 e. The molecule has 0 atom stereocenters. The fourth-order valence-corrected chi connectivity index (χ4v) is 3.15. The molecule has 3 heterocycles. The molecule has 6 nitrogen and oxygen atoms in total. The van der Waals surface area contributed by atoms with Gasteiger partial charge in [0.15, 0.2) is 0 Å². The Morgan fingerprint density at radius 1 is 1.43 bits per heavy atom. The number of carbonyl (C=O) groups excluding carboxylic acids is 1. The van der Waals surface area contributed by atoms with E-state index in [9.17, 15) is 9.59 Å². The van der Waals surface area contributed by atoms with Crippen LogP contribution in [0.2, 0.25) is 0 Å². The third-order valence-corrected chi connectivity index (χ3v) is 4.65. The highest BCUT2D eigenvalue weighted by atomic mass is 32.1. The van der Waals surface area contributed by atoms with Gasteiger partial charge in [0.2, 0.25) is 5.91 Å². The Hall–Kier alpha value is -2.54. The molecule has 0 spiro atoms. The van der Waals surface area contributed by atoms with Gasteiger partial charge in [0.05, 0.1) is 5.39 Å². The van der Waals surface area contributed by atoms with E-state index in [1.54, 1.807) is 12.4 Å². The lowest BCUT2D eigenvalue weighted by atomic mass is 10.1. The van der Waals surface area contributed by atoms with Gasteiger partial charge in [0.1, 0.15) is 11.2 Å². The number of thiophene rings is 1. The predicted octanol–water partition coefficient (Wildman–Crippen LogP) is 2.12. The first kappa shape index (κ1) is 15.4. The number of rotatable bonds is 5. The molecule has 0 aliphatic carbocycles. The molecule has 7 heteroatoms. The summed E-state index contributed by atoms with van der Waals surface area (Å²) >= 11 is 1.50. The van der Waals surface area contributed by atoms with Crippen LogP contribution >= 0.6 is 11.3 Å². The Bertz CT molecular complexity index is 886. The SMILES string of the molecule is CCc1cc2c(=O)n(NC(=O)CCc3cccnc3)cnc2s1. The molecule has 0 saturated carbocycles. The first-order chi connectivity index (χ1) is 11.2. The van der Waals surface area contributed by atoms with Crippen LogP contribution in [-0.4, -0.2) is 20.6 Å². The van der Waals surface area contributed by atoms with Gasteiger partial charge in [-0.2, -0.15) is 0 Å². The fourth-order valence-electron chi connectivity index (χ4n) is 2.22. The number of hydrogen-bond acceptors (Lipinski definition) is 5. The topological polar surface area (TPSA) is 76.9 Å². The van der Waals surface area contributed by atoms with Crippen molar-refractivity contribution in [1.82, 2.24) is 14.6 Å². The lowest BCUT2D eigenvalue weighted by Gasteiger charge is -2.07. The number of amides is 1. The van der Waals surface area contributed by atoms with Gasteiger partial charge in [-0.1, -0.05) is 13.0 Å². The molecule has 0 unspecified atom stereocenters. The average Bonchev–Trinajstić information content (AvgIpc) is 3.01. The largest absolute Gasteiger partial charge is 0.280 e. The van der Waals surface area contributed by atoms with Crippen LogP contribution in [0.1, 0.15) is 23.8 Å². The molecule has 0 aliphatic heterocycles. The van der Waals surface area contributed by atoms with Gasteiger partial charge in [-0.25, -0.2) is 9.66 Å². The molecular formula is C16H16N4O2S. The number of fused-ring (bicyclic) bond motifs is 1. The number of aryl methyl sites for hydroxylation is 2. The number of pyridine rings is 1. The second-order valence-electron chi connectivity index (χ2n) is 5.10. The first-order valence-electron chi connectivity index (χ1n) is 7.36. The van der Waals surface area contributed by atoms with Crippen molar-refractivity contribution in [1.29, 1.82) is 0 Å². The van der Waals surface area contributed by atoms with Crippen LogP contribution in [0.15, 0.2) is 41.7 Å². The van der Waals surface area contributed by atoms with E-state index in [4.69, 9.17) is 0 Å². The maximum absolute atomic E-state index is 12.4. The Morgan fingerprint density at radius 2 is 2.30 bits per heavy atom. The summed E-state index contributed by atoms with van der Waals surface area (Å²) in [4.78, 5) is 34.4. The smallest absolute Gasteiger partial charge is 0.273 e. The summed E-state index contributed by atoms with van der Waals surface area (Å²) < 4.78 is 1.15. The summed E-state index contributed by atoms with van der Waals surface area (Å²) in [6, 6.07) is 5.59. The second-order valence-corrected chi connectivity index (χ2v) is 6.22. The summed E-state index contributed by atoms with van der Waals surface area (Å²) in [6.07, 6.45) is 6.49. The van der Waals surface area contributed by atoms with E-state index in [2.05, 4.69) is 15.4 Å². The van der Waals surface area contributed by atoms with Gasteiger partial charge >= 0.3 is 0 Å². The van der Waals surface area contributed by atoms with E-state index in [1.807, 2.05) is 25.1 Å². The van der Waals surface area contributed by atoms with Crippen LogP contribution in [-0.2, 0) is 17.6 Å². The fraction of sp³-hybridized carbons (Fsp3) is 0.250. The molecule has 3 rings (SSSR count). The number of nitrogens with one attached hydrogen (secondary N) is 1. The molecule has 0 aromatic carbocycles. The quantitative estimate of drug-likeness (QED) is 0.778. The molecule has 3 aromatic rings. The summed E-state index contributed by atoms with van der Waals surface area (Å²) in [5.74, 6) is -0.233. The number of hydrogen-bond donors (Lipinski definition) is 1. The average molecular weight is 328 g/mol. The number of nitrogens with zero attached hydrogens (tertiary/aromatic N) is 3. The van der Waals surface area contributed by atoms with Crippen molar-refractivity contribution in [2.75, 3.05) is 5.43 Å². The van der Waals surface area contributed by atoms with Crippen LogP contribution in [0.4, 0.5) is 0 Å². The van der Waals surface area contributed by atoms with Crippen molar-refractivity contribution in [2.45, 2.75) is 26.2 Å². The highest BCUT2D eigenvalue weighted by Gasteiger charge is 2.10. The Balaban J connectivity index is 1.72. The standard InChI is InChI=1S/C16H16N4O2S/c1-2-12-8-13-15(23-12)18-10-20(16(13)22)19-14(21)6-5-11-4-3-7-17-9-11/h3-4,7-10H,2,5-6H2,1H3,(H,19,21). The zero-order valence-electron chi connectivity index (χ0n) is 12.7. The molecule has 0 fully saturated rings. The van der Waals surface area contributed by atoms with Gasteiger partial charge in [-0.15, -0.1) is 11.3 Å². The van der Waals surface area contributed by atoms with Crippen molar-refractivity contribution in [3.8, 4) is 0 Å². The van der Waals surface area contributed by atoms with Crippen LogP contribution < -0.4 is 11.0 Å². The minimum absolute atomic E-state index is 0.233. The summed E-state index contributed by atoms with van der Waals surface area (Å²) in [5, 5.41) is 0.543. The van der Waals surface area contributed by atoms with Gasteiger partial charge in [-0.05, 0) is 30.5 Å². The normalized spacial score (nSPS) is 10.8. The van der Waals surface area contributed by atoms with Gasteiger partial charge in [-0.3, -0.25) is 20.0 Å². The molecule has 118 valence electrons. The Kier molecular flexibility index (Phi) is 4.47. The highest BCUT2D eigenvalue weighted by Crippen LogP contribution is 2.20. The van der Waals surface area contributed by atoms with Crippen LogP contribution in [0.5, 0.6) is 0 Å². The molecule has 3 aromatic heterocycles. The molecule has 0 radical (unpaired) electrons. The zero-order valence-corrected chi connectivity index (χ0v) is 13.5. The van der Waals surface area contributed by atoms with Crippen LogP contribution in [0.3, 0.4) is 0 Å². The maximum Gasteiger partial charge on any atom is 0.280 e. The number of carbonyl (C=O) groups is 1. The molecule has 23 heavy (non-hydrogen) atoms. The van der Waals surface area contributed by atoms with E-state index in [0.29, 0.717) is 16.6 Å². The Morgan fingerprint density at radius 3 is 3.04 bits per heavy atom. The second kappa shape index (κ2) is 6.70. The van der Waals surface area contributed by atoms with E-state index in [0.717, 1.165) is 21.5 Å². The summed E-state index contributed by atoms with van der Waals surface area (Å²) in [5.41, 5.74) is 3.32. The molecule has 0 bridgehead atoms. The van der Waals surface area contributed by atoms with Crippen molar-refractivity contribution in [2.24, 2.45) is 0 Å². The van der Waals surface area contributed by atoms with E-state index >= 15 is 0 Å². The lowest BCUT2D eigenvalue weighted by molar-refractivity contribution is -0.117. The van der Waals surface area contributed by atoms with E-state index in [1.165, 1.54) is 17.7 Å². The molecule has 1 amide bonds. The maximum atomic E-state index is 12.4. The first-order valence-corrected chi connectivity index (χ1v) is 8.18.